The monoisotopic (exact) mass is 384 g/mol. The van der Waals surface area contributed by atoms with Gasteiger partial charge in [0.15, 0.2) is 0 Å². The minimum Gasteiger partial charge on any atom is -0.497 e. The molecule has 7 heteroatoms. The number of methoxy groups -OCH3 is 3. The molecule has 0 saturated carbocycles. The Bertz CT molecular complexity index is 850. The van der Waals surface area contributed by atoms with Crippen LogP contribution in [0.5, 0.6) is 17.2 Å². The van der Waals surface area contributed by atoms with E-state index in [4.69, 9.17) is 14.2 Å². The highest BCUT2D eigenvalue weighted by Gasteiger charge is 2.35. The standard InChI is InChI=1S/C21H24N2O5/c1-26-17-6-4-16(5-7-17)23-13-15(11-20(23)24)21(25)22-12-14-10-18(27-2)8-9-19(14)28-3/h4-10,15H,11-13H2,1-3H3,(H,22,25)/t15-/m0/s1. The van der Waals surface area contributed by atoms with Crippen molar-refractivity contribution in [1.29, 1.82) is 0 Å². The number of carbonyl (C=O) groups excluding carboxylic acids is 2. The minimum absolute atomic E-state index is 0.0655. The van der Waals surface area contributed by atoms with Crippen LogP contribution in [0.4, 0.5) is 5.69 Å². The summed E-state index contributed by atoms with van der Waals surface area (Å²) in [5.41, 5.74) is 1.57. The molecule has 2 amide bonds. The maximum atomic E-state index is 12.6. The lowest BCUT2D eigenvalue weighted by Crippen LogP contribution is -2.32. The highest BCUT2D eigenvalue weighted by molar-refractivity contribution is 6.00. The lowest BCUT2D eigenvalue weighted by atomic mass is 10.1. The first-order valence-corrected chi connectivity index (χ1v) is 8.98. The van der Waals surface area contributed by atoms with Crippen LogP contribution in [0.15, 0.2) is 42.5 Å². The van der Waals surface area contributed by atoms with E-state index in [9.17, 15) is 9.59 Å². The van der Waals surface area contributed by atoms with E-state index < -0.39 is 5.92 Å². The van der Waals surface area contributed by atoms with Gasteiger partial charge in [-0.05, 0) is 42.5 Å². The predicted octanol–water partition coefficient (Wildman–Crippen LogP) is 2.38. The van der Waals surface area contributed by atoms with E-state index in [1.165, 1.54) is 0 Å². The molecule has 3 rings (SSSR count). The van der Waals surface area contributed by atoms with Gasteiger partial charge in [0, 0.05) is 30.8 Å². The lowest BCUT2D eigenvalue weighted by molar-refractivity contribution is -0.126. The Balaban J connectivity index is 1.63. The average Bonchev–Trinajstić information content (AvgIpc) is 3.13. The largest absolute Gasteiger partial charge is 0.497 e. The molecule has 1 atom stereocenters. The van der Waals surface area contributed by atoms with Crippen molar-refractivity contribution in [1.82, 2.24) is 5.32 Å². The van der Waals surface area contributed by atoms with Crippen LogP contribution in [0.3, 0.4) is 0 Å². The van der Waals surface area contributed by atoms with Crippen LogP contribution < -0.4 is 24.4 Å². The van der Waals surface area contributed by atoms with Crippen molar-refractivity contribution in [2.75, 3.05) is 32.8 Å². The highest BCUT2D eigenvalue weighted by Crippen LogP contribution is 2.28. The van der Waals surface area contributed by atoms with Crippen LogP contribution in [0.2, 0.25) is 0 Å². The molecule has 1 aliphatic heterocycles. The molecule has 28 heavy (non-hydrogen) atoms. The first-order chi connectivity index (χ1) is 13.5. The van der Waals surface area contributed by atoms with Gasteiger partial charge in [0.1, 0.15) is 17.2 Å². The first kappa shape index (κ1) is 19.5. The predicted molar refractivity (Wildman–Crippen MR) is 105 cm³/mol. The zero-order valence-corrected chi connectivity index (χ0v) is 16.2. The quantitative estimate of drug-likeness (QED) is 0.793. The molecule has 0 unspecified atom stereocenters. The van der Waals surface area contributed by atoms with Gasteiger partial charge < -0.3 is 24.4 Å². The fourth-order valence-corrected chi connectivity index (χ4v) is 3.24. The molecule has 0 spiro atoms. The molecule has 1 heterocycles. The van der Waals surface area contributed by atoms with Gasteiger partial charge in [0.25, 0.3) is 0 Å². The molecule has 1 fully saturated rings. The molecule has 1 aliphatic rings. The summed E-state index contributed by atoms with van der Waals surface area (Å²) in [7, 11) is 4.76. The van der Waals surface area contributed by atoms with Gasteiger partial charge in [-0.1, -0.05) is 0 Å². The SMILES string of the molecule is COc1ccc(N2C[C@@H](C(=O)NCc3cc(OC)ccc3OC)CC2=O)cc1. The molecular formula is C21H24N2O5. The fraction of sp³-hybridized carbons (Fsp3) is 0.333. The number of rotatable bonds is 7. The Morgan fingerprint density at radius 1 is 1.04 bits per heavy atom. The Kier molecular flexibility index (Phi) is 6.03. The second-order valence-electron chi connectivity index (χ2n) is 6.50. The number of anilines is 1. The van der Waals surface area contributed by atoms with Crippen molar-refractivity contribution in [2.45, 2.75) is 13.0 Å². The summed E-state index contributed by atoms with van der Waals surface area (Å²) in [6.07, 6.45) is 0.188. The molecule has 0 radical (unpaired) electrons. The summed E-state index contributed by atoms with van der Waals surface area (Å²) in [4.78, 5) is 26.6. The van der Waals surface area contributed by atoms with Gasteiger partial charge in [0.05, 0.1) is 27.2 Å². The molecule has 2 aromatic carbocycles. The Morgan fingerprint density at radius 2 is 1.71 bits per heavy atom. The van der Waals surface area contributed by atoms with Crippen LogP contribution in [0.25, 0.3) is 0 Å². The van der Waals surface area contributed by atoms with E-state index in [1.54, 1.807) is 50.5 Å². The third-order valence-electron chi connectivity index (χ3n) is 4.82. The number of amides is 2. The summed E-state index contributed by atoms with van der Waals surface area (Å²) in [5, 5.41) is 2.90. The second-order valence-corrected chi connectivity index (χ2v) is 6.50. The third kappa shape index (κ3) is 4.19. The fourth-order valence-electron chi connectivity index (χ4n) is 3.24. The topological polar surface area (TPSA) is 77.1 Å². The summed E-state index contributed by atoms with van der Waals surface area (Å²) in [5.74, 6) is 1.46. The molecule has 148 valence electrons. The van der Waals surface area contributed by atoms with Crippen molar-refractivity contribution in [3.05, 3.63) is 48.0 Å². The summed E-state index contributed by atoms with van der Waals surface area (Å²) in [6, 6.07) is 12.6. The van der Waals surface area contributed by atoms with Crippen LogP contribution in [0, 0.1) is 5.92 Å². The number of hydrogen-bond acceptors (Lipinski definition) is 5. The van der Waals surface area contributed by atoms with E-state index in [0.717, 1.165) is 17.0 Å². The Labute approximate surface area is 164 Å². The van der Waals surface area contributed by atoms with Gasteiger partial charge in [-0.3, -0.25) is 9.59 Å². The zero-order valence-electron chi connectivity index (χ0n) is 16.2. The van der Waals surface area contributed by atoms with Crippen molar-refractivity contribution in [2.24, 2.45) is 5.92 Å². The van der Waals surface area contributed by atoms with Gasteiger partial charge in [-0.25, -0.2) is 0 Å². The van der Waals surface area contributed by atoms with Crippen molar-refractivity contribution in [3.63, 3.8) is 0 Å². The van der Waals surface area contributed by atoms with Crippen molar-refractivity contribution < 1.29 is 23.8 Å². The summed E-state index contributed by atoms with van der Waals surface area (Å²) < 4.78 is 15.7. The van der Waals surface area contributed by atoms with Crippen LogP contribution in [-0.2, 0) is 16.1 Å². The minimum atomic E-state index is -0.397. The molecule has 7 nitrogen and oxygen atoms in total. The van der Waals surface area contributed by atoms with E-state index in [1.807, 2.05) is 18.2 Å². The maximum Gasteiger partial charge on any atom is 0.227 e. The van der Waals surface area contributed by atoms with E-state index in [-0.39, 0.29) is 18.2 Å². The van der Waals surface area contributed by atoms with Gasteiger partial charge in [0.2, 0.25) is 11.8 Å². The molecule has 1 N–H and O–H groups in total. The highest BCUT2D eigenvalue weighted by atomic mass is 16.5. The number of hydrogen-bond donors (Lipinski definition) is 1. The normalized spacial score (nSPS) is 16.0. The number of nitrogens with one attached hydrogen (secondary N) is 1. The van der Waals surface area contributed by atoms with Crippen LogP contribution in [0.1, 0.15) is 12.0 Å². The molecule has 0 bridgehead atoms. The number of ether oxygens (including phenoxy) is 3. The molecular weight excluding hydrogens is 360 g/mol. The lowest BCUT2D eigenvalue weighted by Gasteiger charge is -2.17. The summed E-state index contributed by atoms with van der Waals surface area (Å²) in [6.45, 7) is 0.651. The van der Waals surface area contributed by atoms with E-state index in [0.29, 0.717) is 24.6 Å². The molecule has 2 aromatic rings. The maximum absolute atomic E-state index is 12.6. The summed E-state index contributed by atoms with van der Waals surface area (Å²) >= 11 is 0. The van der Waals surface area contributed by atoms with E-state index >= 15 is 0 Å². The van der Waals surface area contributed by atoms with Gasteiger partial charge >= 0.3 is 0 Å². The van der Waals surface area contributed by atoms with Crippen molar-refractivity contribution in [3.8, 4) is 17.2 Å². The Morgan fingerprint density at radius 3 is 2.36 bits per heavy atom. The molecule has 1 saturated heterocycles. The van der Waals surface area contributed by atoms with Crippen molar-refractivity contribution >= 4 is 17.5 Å². The number of nitrogens with zero attached hydrogens (tertiary/aromatic N) is 1. The second kappa shape index (κ2) is 8.65. The molecule has 0 aromatic heterocycles. The smallest absolute Gasteiger partial charge is 0.227 e. The first-order valence-electron chi connectivity index (χ1n) is 8.98. The molecule has 0 aliphatic carbocycles. The van der Waals surface area contributed by atoms with Gasteiger partial charge in [-0.2, -0.15) is 0 Å². The number of carbonyl (C=O) groups is 2. The average molecular weight is 384 g/mol. The Hall–Kier alpha value is -3.22. The van der Waals surface area contributed by atoms with Gasteiger partial charge in [-0.15, -0.1) is 0 Å². The van der Waals surface area contributed by atoms with Crippen LogP contribution >= 0.6 is 0 Å². The van der Waals surface area contributed by atoms with Crippen LogP contribution in [-0.4, -0.2) is 39.7 Å². The third-order valence-corrected chi connectivity index (χ3v) is 4.82. The van der Waals surface area contributed by atoms with E-state index in [2.05, 4.69) is 5.32 Å². The zero-order chi connectivity index (χ0) is 20.1. The number of benzene rings is 2.